The molecule has 4 heteroatoms. The lowest BCUT2D eigenvalue weighted by Crippen LogP contribution is -2.10. The molecule has 1 aromatic rings. The van der Waals surface area contributed by atoms with Crippen molar-refractivity contribution in [2.24, 2.45) is 0 Å². The van der Waals surface area contributed by atoms with Gasteiger partial charge in [0.25, 0.3) is 0 Å². The zero-order valence-electron chi connectivity index (χ0n) is 11.1. The van der Waals surface area contributed by atoms with E-state index in [0.29, 0.717) is 6.42 Å². The normalized spacial score (nSPS) is 10.8. The summed E-state index contributed by atoms with van der Waals surface area (Å²) < 4.78 is 4.32. The summed E-state index contributed by atoms with van der Waals surface area (Å²) in [5.74, 6) is 0.209. The summed E-state index contributed by atoms with van der Waals surface area (Å²) in [5, 5.41) is 7.99. The van der Waals surface area contributed by atoms with Crippen LogP contribution >= 0.6 is 0 Å². The summed E-state index contributed by atoms with van der Waals surface area (Å²) in [6.07, 6.45) is -0.0529. The second kappa shape index (κ2) is 9.22. The molecule has 1 unspecified atom stereocenters. The van der Waals surface area contributed by atoms with Crippen LogP contribution in [0.2, 0.25) is 0 Å². The van der Waals surface area contributed by atoms with E-state index >= 15 is 0 Å². The van der Waals surface area contributed by atoms with Crippen LogP contribution in [0.1, 0.15) is 44.0 Å². The van der Waals surface area contributed by atoms with E-state index in [4.69, 9.17) is 5.11 Å². The second-order valence-corrected chi connectivity index (χ2v) is 3.75. The highest BCUT2D eigenvalue weighted by atomic mass is 16.7. The van der Waals surface area contributed by atoms with Crippen molar-refractivity contribution >= 4 is 11.9 Å². The van der Waals surface area contributed by atoms with Gasteiger partial charge in [0.05, 0.1) is 0 Å². The monoisotopic (exact) mass is 252 g/mol. The Kier molecular flexibility index (Phi) is 8.27. The number of hydrogen-bond donors (Lipinski definition) is 1. The Bertz CT molecular complexity index is 359. The van der Waals surface area contributed by atoms with Gasteiger partial charge in [0, 0.05) is 12.0 Å². The maximum Gasteiger partial charge on any atom is 0.506 e. The summed E-state index contributed by atoms with van der Waals surface area (Å²) >= 11 is 0. The molecule has 1 rings (SSSR count). The first-order chi connectivity index (χ1) is 8.51. The molecule has 4 nitrogen and oxygen atoms in total. The number of Topliss-reactive ketones (excluding diaryl/α,β-unsaturated/α-hetero) is 1. The topological polar surface area (TPSA) is 63.6 Å². The lowest BCUT2D eigenvalue weighted by Gasteiger charge is -2.04. The molecule has 0 saturated heterocycles. The number of benzene rings is 1. The highest BCUT2D eigenvalue weighted by molar-refractivity contribution is 5.95. The van der Waals surface area contributed by atoms with Gasteiger partial charge in [-0.15, -0.1) is 0 Å². The van der Waals surface area contributed by atoms with Crippen LogP contribution in [0, 0.1) is 0 Å². The molecule has 0 amide bonds. The summed E-state index contributed by atoms with van der Waals surface area (Å²) in [5.41, 5.74) is 0.810. The van der Waals surface area contributed by atoms with E-state index in [-0.39, 0.29) is 11.9 Å². The molecule has 100 valence electrons. The SMILES string of the molecule is CCC(=O)c1ccccc1.CCC(C)OC(=O)O. The lowest BCUT2D eigenvalue weighted by atomic mass is 10.1. The number of ether oxygens (including phenoxy) is 1. The van der Waals surface area contributed by atoms with Gasteiger partial charge in [-0.2, -0.15) is 0 Å². The first-order valence-corrected chi connectivity index (χ1v) is 5.99. The third kappa shape index (κ3) is 7.44. The third-order valence-corrected chi connectivity index (χ3v) is 2.29. The Hall–Kier alpha value is -1.84. The van der Waals surface area contributed by atoms with Crippen molar-refractivity contribution < 1.29 is 19.4 Å². The molecular formula is C14H20O4. The van der Waals surface area contributed by atoms with Crippen LogP contribution in [-0.2, 0) is 4.74 Å². The number of rotatable bonds is 4. The lowest BCUT2D eigenvalue weighted by molar-refractivity contribution is 0.0577. The van der Waals surface area contributed by atoms with Crippen LogP contribution in [-0.4, -0.2) is 23.1 Å². The van der Waals surface area contributed by atoms with E-state index in [2.05, 4.69) is 4.74 Å². The molecule has 0 radical (unpaired) electrons. The average Bonchev–Trinajstić information content (AvgIpc) is 2.38. The molecule has 1 aromatic carbocycles. The van der Waals surface area contributed by atoms with Gasteiger partial charge >= 0.3 is 6.16 Å². The Balaban J connectivity index is 0.000000331. The summed E-state index contributed by atoms with van der Waals surface area (Å²) in [6, 6.07) is 9.34. The van der Waals surface area contributed by atoms with Crippen LogP contribution in [0.15, 0.2) is 30.3 Å². The predicted molar refractivity (Wildman–Crippen MR) is 69.9 cm³/mol. The molecule has 0 aliphatic carbocycles. The van der Waals surface area contributed by atoms with Crippen LogP contribution < -0.4 is 0 Å². The maximum absolute atomic E-state index is 11.0. The van der Waals surface area contributed by atoms with Crippen molar-refractivity contribution in [3.05, 3.63) is 35.9 Å². The minimum Gasteiger partial charge on any atom is -0.450 e. The fourth-order valence-electron chi connectivity index (χ4n) is 1.08. The van der Waals surface area contributed by atoms with Crippen molar-refractivity contribution in [3.63, 3.8) is 0 Å². The van der Waals surface area contributed by atoms with Crippen molar-refractivity contribution in [3.8, 4) is 0 Å². The largest absolute Gasteiger partial charge is 0.506 e. The fourth-order valence-corrected chi connectivity index (χ4v) is 1.08. The van der Waals surface area contributed by atoms with Crippen LogP contribution in [0.3, 0.4) is 0 Å². The smallest absolute Gasteiger partial charge is 0.450 e. The molecule has 18 heavy (non-hydrogen) atoms. The number of carbonyl (C=O) groups excluding carboxylic acids is 1. The molecule has 0 bridgehead atoms. The number of carboxylic acid groups (broad SMARTS) is 1. The first kappa shape index (κ1) is 16.2. The molecule has 0 aliphatic rings. The van der Waals surface area contributed by atoms with E-state index < -0.39 is 6.16 Å². The Labute approximate surface area is 108 Å². The minimum absolute atomic E-state index is 0.174. The van der Waals surface area contributed by atoms with Crippen molar-refractivity contribution in [2.45, 2.75) is 39.7 Å². The standard InChI is InChI=1S/C9H10O.C5H10O3/c1-2-9(10)8-6-4-3-5-7-8;1-3-4(2)8-5(6)7/h3-7H,2H2,1H3;4H,3H2,1-2H3,(H,6,7). The predicted octanol–water partition coefficient (Wildman–Crippen LogP) is 3.76. The van der Waals surface area contributed by atoms with Gasteiger partial charge in [0.15, 0.2) is 5.78 Å². The Morgan fingerprint density at radius 1 is 1.22 bits per heavy atom. The van der Waals surface area contributed by atoms with E-state index in [1.165, 1.54) is 0 Å². The van der Waals surface area contributed by atoms with Gasteiger partial charge in [-0.25, -0.2) is 4.79 Å². The highest BCUT2D eigenvalue weighted by Crippen LogP contribution is 2.01. The number of hydrogen-bond acceptors (Lipinski definition) is 3. The molecule has 0 aliphatic heterocycles. The summed E-state index contributed by atoms with van der Waals surface area (Å²) in [4.78, 5) is 20.8. The highest BCUT2D eigenvalue weighted by Gasteiger charge is 2.02. The van der Waals surface area contributed by atoms with Gasteiger partial charge in [-0.3, -0.25) is 4.79 Å². The molecule has 1 N–H and O–H groups in total. The number of ketones is 1. The molecular weight excluding hydrogens is 232 g/mol. The van der Waals surface area contributed by atoms with Crippen LogP contribution in [0.5, 0.6) is 0 Å². The first-order valence-electron chi connectivity index (χ1n) is 5.99. The van der Waals surface area contributed by atoms with E-state index in [0.717, 1.165) is 12.0 Å². The van der Waals surface area contributed by atoms with Gasteiger partial charge in [-0.05, 0) is 13.3 Å². The van der Waals surface area contributed by atoms with Crippen molar-refractivity contribution in [2.75, 3.05) is 0 Å². The zero-order chi connectivity index (χ0) is 14.0. The maximum atomic E-state index is 11.0. The van der Waals surface area contributed by atoms with E-state index in [1.807, 2.05) is 44.2 Å². The fraction of sp³-hybridized carbons (Fsp3) is 0.429. The Morgan fingerprint density at radius 2 is 1.78 bits per heavy atom. The van der Waals surface area contributed by atoms with Crippen LogP contribution in [0.25, 0.3) is 0 Å². The van der Waals surface area contributed by atoms with E-state index in [1.54, 1.807) is 6.92 Å². The quantitative estimate of drug-likeness (QED) is 0.654. The van der Waals surface area contributed by atoms with E-state index in [9.17, 15) is 9.59 Å². The second-order valence-electron chi connectivity index (χ2n) is 3.75. The molecule has 0 fully saturated rings. The van der Waals surface area contributed by atoms with Gasteiger partial charge in [-0.1, -0.05) is 44.2 Å². The van der Waals surface area contributed by atoms with Crippen LogP contribution in [0.4, 0.5) is 4.79 Å². The van der Waals surface area contributed by atoms with Crippen molar-refractivity contribution in [1.29, 1.82) is 0 Å². The third-order valence-electron chi connectivity index (χ3n) is 2.29. The summed E-state index contributed by atoms with van der Waals surface area (Å²) in [7, 11) is 0. The molecule has 0 spiro atoms. The molecule has 0 saturated carbocycles. The van der Waals surface area contributed by atoms with Gasteiger partial charge < -0.3 is 9.84 Å². The van der Waals surface area contributed by atoms with Gasteiger partial charge in [0.2, 0.25) is 0 Å². The van der Waals surface area contributed by atoms with Gasteiger partial charge in [0.1, 0.15) is 6.10 Å². The molecule has 0 aromatic heterocycles. The minimum atomic E-state index is -1.20. The van der Waals surface area contributed by atoms with Crippen molar-refractivity contribution in [1.82, 2.24) is 0 Å². The summed E-state index contributed by atoms with van der Waals surface area (Å²) in [6.45, 7) is 5.46. The average molecular weight is 252 g/mol. The number of carbonyl (C=O) groups is 2. The Morgan fingerprint density at radius 3 is 2.11 bits per heavy atom. The molecule has 1 atom stereocenters. The molecule has 0 heterocycles. The zero-order valence-corrected chi connectivity index (χ0v) is 11.1.